The van der Waals surface area contributed by atoms with E-state index in [9.17, 15) is 17.2 Å². The summed E-state index contributed by atoms with van der Waals surface area (Å²) in [5.41, 5.74) is -0.0592. The first-order chi connectivity index (χ1) is 13.5. The van der Waals surface area contributed by atoms with Crippen molar-refractivity contribution in [2.24, 2.45) is 0 Å². The number of unbranched alkanes of at least 4 members (excludes halogenated alkanes) is 1. The maximum absolute atomic E-state index is 14.3. The summed E-state index contributed by atoms with van der Waals surface area (Å²) < 4.78 is 58.7. The number of hydrogen-bond acceptors (Lipinski definition) is 7. The molecule has 1 aromatic carbocycles. The Morgan fingerprint density at radius 3 is 2.57 bits per heavy atom. The molecule has 11 heteroatoms. The third-order valence-electron chi connectivity index (χ3n) is 4.60. The van der Waals surface area contributed by atoms with E-state index >= 15 is 0 Å². The highest BCUT2D eigenvalue weighted by Gasteiger charge is 2.23. The highest BCUT2D eigenvalue weighted by molar-refractivity contribution is 7.93. The monoisotopic (exact) mass is 431 g/mol. The Labute approximate surface area is 167 Å². The van der Waals surface area contributed by atoms with E-state index in [4.69, 9.17) is 0 Å². The standard InChI is InChI=1S/C17H23F2N5O2S2/c18-13-10-16(28(25,26)24-17-22-11-23-27-17)14(19)9-15(13)21-8-4-3-7-20-12-5-1-2-6-12/h9-12,20-21H,1-8H2,(H,22,23,24). The Morgan fingerprint density at radius 1 is 1.11 bits per heavy atom. The van der Waals surface area contributed by atoms with E-state index in [1.54, 1.807) is 0 Å². The molecular formula is C17H23F2N5O2S2. The summed E-state index contributed by atoms with van der Waals surface area (Å²) in [7, 11) is -4.29. The smallest absolute Gasteiger partial charge is 0.266 e. The van der Waals surface area contributed by atoms with Crippen LogP contribution in [0.1, 0.15) is 38.5 Å². The predicted molar refractivity (Wildman–Crippen MR) is 105 cm³/mol. The molecule has 1 saturated carbocycles. The second-order valence-corrected chi connectivity index (χ2v) is 9.11. The Morgan fingerprint density at radius 2 is 1.86 bits per heavy atom. The van der Waals surface area contributed by atoms with Crippen LogP contribution in [0.25, 0.3) is 0 Å². The maximum atomic E-state index is 14.3. The Hall–Kier alpha value is -1.85. The quantitative estimate of drug-likeness (QED) is 0.500. The molecule has 0 saturated heterocycles. The Bertz CT molecular complexity index is 872. The van der Waals surface area contributed by atoms with Crippen LogP contribution in [0.4, 0.5) is 19.6 Å². The average molecular weight is 432 g/mol. The molecule has 0 atom stereocenters. The van der Waals surface area contributed by atoms with E-state index in [2.05, 4.69) is 24.7 Å². The van der Waals surface area contributed by atoms with Crippen molar-refractivity contribution in [3.8, 4) is 0 Å². The fourth-order valence-electron chi connectivity index (χ4n) is 3.17. The summed E-state index contributed by atoms with van der Waals surface area (Å²) >= 11 is 0.798. The molecule has 0 unspecified atom stereocenters. The Kier molecular flexibility index (Phi) is 7.13. The second kappa shape index (κ2) is 9.57. The summed E-state index contributed by atoms with van der Waals surface area (Å²) in [5.74, 6) is -1.87. The van der Waals surface area contributed by atoms with Crippen LogP contribution < -0.4 is 15.4 Å². The third-order valence-corrected chi connectivity index (χ3v) is 6.66. The molecular weight excluding hydrogens is 408 g/mol. The van der Waals surface area contributed by atoms with Gasteiger partial charge in [0.15, 0.2) is 0 Å². The van der Waals surface area contributed by atoms with E-state index in [0.717, 1.165) is 43.3 Å². The molecule has 0 aliphatic heterocycles. The number of rotatable bonds is 10. The van der Waals surface area contributed by atoms with Gasteiger partial charge in [0.05, 0.1) is 5.69 Å². The number of benzene rings is 1. The van der Waals surface area contributed by atoms with Crippen molar-refractivity contribution in [3.63, 3.8) is 0 Å². The summed E-state index contributed by atoms with van der Waals surface area (Å²) in [6.45, 7) is 1.37. The van der Waals surface area contributed by atoms with Crippen molar-refractivity contribution in [2.75, 3.05) is 23.1 Å². The van der Waals surface area contributed by atoms with Crippen LogP contribution in [0.5, 0.6) is 0 Å². The zero-order valence-corrected chi connectivity index (χ0v) is 16.9. The van der Waals surface area contributed by atoms with Crippen molar-refractivity contribution in [1.29, 1.82) is 0 Å². The summed E-state index contributed by atoms with van der Waals surface area (Å²) in [5, 5.41) is 6.31. The number of nitrogens with zero attached hydrogens (tertiary/aromatic N) is 2. The lowest BCUT2D eigenvalue weighted by Gasteiger charge is -2.13. The highest BCUT2D eigenvalue weighted by Crippen LogP contribution is 2.25. The van der Waals surface area contributed by atoms with E-state index in [0.29, 0.717) is 18.7 Å². The van der Waals surface area contributed by atoms with Gasteiger partial charge in [-0.05, 0) is 38.3 Å². The molecule has 0 amide bonds. The lowest BCUT2D eigenvalue weighted by atomic mass is 10.2. The van der Waals surface area contributed by atoms with Crippen LogP contribution in [0.15, 0.2) is 23.4 Å². The first-order valence-electron chi connectivity index (χ1n) is 9.21. The summed E-state index contributed by atoms with van der Waals surface area (Å²) in [4.78, 5) is 2.90. The minimum Gasteiger partial charge on any atom is -0.383 e. The van der Waals surface area contributed by atoms with Crippen molar-refractivity contribution in [1.82, 2.24) is 14.7 Å². The zero-order valence-electron chi connectivity index (χ0n) is 15.2. The van der Waals surface area contributed by atoms with Gasteiger partial charge in [0.25, 0.3) is 10.0 Å². The van der Waals surface area contributed by atoms with Crippen LogP contribution in [0, 0.1) is 11.6 Å². The van der Waals surface area contributed by atoms with Crippen LogP contribution in [-0.4, -0.2) is 36.9 Å². The van der Waals surface area contributed by atoms with Crippen LogP contribution in [-0.2, 0) is 10.0 Å². The molecule has 7 nitrogen and oxygen atoms in total. The normalized spacial score (nSPS) is 15.1. The van der Waals surface area contributed by atoms with Gasteiger partial charge in [0, 0.05) is 30.2 Å². The van der Waals surface area contributed by atoms with Gasteiger partial charge in [0.1, 0.15) is 22.9 Å². The second-order valence-electron chi connectivity index (χ2n) is 6.68. The topological polar surface area (TPSA) is 96.0 Å². The van der Waals surface area contributed by atoms with E-state index in [1.807, 2.05) is 0 Å². The molecule has 0 bridgehead atoms. The first kappa shape index (κ1) is 20.9. The first-order valence-corrected chi connectivity index (χ1v) is 11.5. The highest BCUT2D eigenvalue weighted by atomic mass is 32.2. The number of sulfonamides is 1. The molecule has 1 heterocycles. The largest absolute Gasteiger partial charge is 0.383 e. The van der Waals surface area contributed by atoms with Crippen molar-refractivity contribution < 1.29 is 17.2 Å². The number of nitrogens with one attached hydrogen (secondary N) is 3. The minimum absolute atomic E-state index is 0.0202. The lowest BCUT2D eigenvalue weighted by molar-refractivity contribution is 0.510. The summed E-state index contributed by atoms with van der Waals surface area (Å²) in [6, 6.07) is 2.14. The number of halogens is 2. The maximum Gasteiger partial charge on any atom is 0.266 e. The van der Waals surface area contributed by atoms with Gasteiger partial charge in [-0.1, -0.05) is 12.8 Å². The fraction of sp³-hybridized carbons (Fsp3) is 0.529. The number of hydrogen-bond donors (Lipinski definition) is 3. The molecule has 1 aliphatic rings. The van der Waals surface area contributed by atoms with Crippen molar-refractivity contribution >= 4 is 32.4 Å². The fourth-order valence-corrected chi connectivity index (χ4v) is 4.90. The molecule has 1 aliphatic carbocycles. The van der Waals surface area contributed by atoms with Crippen molar-refractivity contribution in [2.45, 2.75) is 49.5 Å². The number of anilines is 2. The summed E-state index contributed by atoms with van der Waals surface area (Å²) in [6.07, 6.45) is 7.90. The van der Waals surface area contributed by atoms with Gasteiger partial charge >= 0.3 is 0 Å². The lowest BCUT2D eigenvalue weighted by Crippen LogP contribution is -2.27. The van der Waals surface area contributed by atoms with Gasteiger partial charge < -0.3 is 10.6 Å². The van der Waals surface area contributed by atoms with Gasteiger partial charge in [-0.25, -0.2) is 22.2 Å². The van der Waals surface area contributed by atoms with E-state index in [-0.39, 0.29) is 10.8 Å². The molecule has 1 aromatic heterocycles. The molecule has 3 rings (SSSR count). The third kappa shape index (κ3) is 5.58. The van der Waals surface area contributed by atoms with Crippen LogP contribution >= 0.6 is 11.5 Å². The molecule has 0 spiro atoms. The molecule has 2 aromatic rings. The average Bonchev–Trinajstić information content (AvgIpc) is 3.34. The minimum atomic E-state index is -4.29. The SMILES string of the molecule is O=S(=O)(Nc1ncns1)c1cc(F)c(NCCCCNC2CCCC2)cc1F. The predicted octanol–water partition coefficient (Wildman–Crippen LogP) is 3.34. The molecule has 28 heavy (non-hydrogen) atoms. The van der Waals surface area contributed by atoms with Gasteiger partial charge in [-0.2, -0.15) is 4.37 Å². The molecule has 0 radical (unpaired) electrons. The van der Waals surface area contributed by atoms with E-state index in [1.165, 1.54) is 25.7 Å². The van der Waals surface area contributed by atoms with Gasteiger partial charge in [-0.3, -0.25) is 4.72 Å². The van der Waals surface area contributed by atoms with Crippen LogP contribution in [0.2, 0.25) is 0 Å². The Balaban J connectivity index is 1.51. The molecule has 154 valence electrons. The van der Waals surface area contributed by atoms with Gasteiger partial charge in [0.2, 0.25) is 5.13 Å². The van der Waals surface area contributed by atoms with E-state index < -0.39 is 26.6 Å². The molecule has 1 fully saturated rings. The zero-order chi connectivity index (χ0) is 20.0. The van der Waals surface area contributed by atoms with Crippen molar-refractivity contribution in [3.05, 3.63) is 30.1 Å². The van der Waals surface area contributed by atoms with Gasteiger partial charge in [-0.15, -0.1) is 0 Å². The number of aromatic nitrogens is 2. The molecule has 3 N–H and O–H groups in total. The van der Waals surface area contributed by atoms with Crippen LogP contribution in [0.3, 0.4) is 0 Å².